The largest absolute Gasteiger partial charge is 0.594 e. The highest BCUT2D eigenvalue weighted by Crippen LogP contribution is 2.21. The maximum Gasteiger partial charge on any atom is 0.244 e. The fraction of sp³-hybridized carbons (Fsp3) is 0.0588. The Balaban J connectivity index is 1.86. The quantitative estimate of drug-likeness (QED) is 0.318. The molecule has 0 amide bonds. The van der Waals surface area contributed by atoms with Crippen LogP contribution in [0.15, 0.2) is 65.9 Å². The van der Waals surface area contributed by atoms with E-state index in [-0.39, 0.29) is 0 Å². The minimum absolute atomic E-state index is 0.347. The van der Waals surface area contributed by atoms with Crippen molar-refractivity contribution in [3.8, 4) is 0 Å². The second kappa shape index (κ2) is 5.17. The molecule has 112 valence electrons. The number of aromatic nitrogens is 3. The van der Waals surface area contributed by atoms with E-state index < -0.39 is 0 Å². The van der Waals surface area contributed by atoms with Gasteiger partial charge in [-0.05, 0) is 35.5 Å². The molecule has 0 atom stereocenters. The molecule has 0 unspecified atom stereocenters. The number of hydrogen-bond acceptors (Lipinski definition) is 4. The molecular weight excluding hydrogens is 290 g/mol. The predicted octanol–water partition coefficient (Wildman–Crippen LogP) is 4.12. The molecule has 0 aliphatic carbocycles. The Morgan fingerprint density at radius 2 is 1.78 bits per heavy atom. The highest BCUT2D eigenvalue weighted by Gasteiger charge is 2.10. The lowest BCUT2D eigenvalue weighted by atomic mass is 10.3. The van der Waals surface area contributed by atoms with Crippen molar-refractivity contribution >= 4 is 28.3 Å². The second-order valence-corrected chi connectivity index (χ2v) is 5.22. The molecule has 0 bridgehead atoms. The fourth-order valence-corrected chi connectivity index (χ4v) is 2.49. The highest BCUT2D eigenvalue weighted by molar-refractivity contribution is 5.78. The van der Waals surface area contributed by atoms with Crippen LogP contribution in [0.25, 0.3) is 16.8 Å². The van der Waals surface area contributed by atoms with Crippen LogP contribution in [0.5, 0.6) is 0 Å². The fourth-order valence-electron chi connectivity index (χ4n) is 2.49. The summed E-state index contributed by atoms with van der Waals surface area (Å²) in [6, 6.07) is 16.3. The molecule has 6 nitrogen and oxygen atoms in total. The van der Waals surface area contributed by atoms with Crippen LogP contribution >= 0.6 is 0 Å². The van der Waals surface area contributed by atoms with E-state index in [1.165, 1.54) is 0 Å². The van der Waals surface area contributed by atoms with Gasteiger partial charge in [0.2, 0.25) is 11.5 Å². The van der Waals surface area contributed by atoms with Crippen LogP contribution in [0, 0.1) is 12.1 Å². The highest BCUT2D eigenvalue weighted by atomic mass is 16.5. The van der Waals surface area contributed by atoms with Gasteiger partial charge in [0.1, 0.15) is 11.2 Å². The van der Waals surface area contributed by atoms with Crippen LogP contribution < -0.4 is 0 Å². The van der Waals surface area contributed by atoms with Crippen LogP contribution in [0.4, 0.5) is 11.5 Å². The zero-order valence-electron chi connectivity index (χ0n) is 12.4. The molecule has 0 saturated heterocycles. The molecule has 0 spiro atoms. The molecule has 1 aromatic carbocycles. The number of hydrogen-bond donors (Lipinski definition) is 0. The van der Waals surface area contributed by atoms with E-state index in [0.717, 1.165) is 16.7 Å². The number of nitrogens with zero attached hydrogens (tertiary/aromatic N) is 5. The lowest BCUT2D eigenvalue weighted by molar-refractivity contribution is -0.435. The van der Waals surface area contributed by atoms with Crippen molar-refractivity contribution in [1.82, 2.24) is 14.4 Å². The third kappa shape index (κ3) is 2.30. The molecule has 6 heteroatoms. The van der Waals surface area contributed by atoms with E-state index in [2.05, 4.69) is 15.1 Å². The van der Waals surface area contributed by atoms with Gasteiger partial charge in [-0.1, -0.05) is 24.3 Å². The van der Waals surface area contributed by atoms with Crippen LogP contribution in [0.3, 0.4) is 0 Å². The number of imidazole rings is 1. The number of benzene rings is 1. The predicted molar refractivity (Wildman–Crippen MR) is 87.0 cm³/mol. The molecular formula is C17H13N5O. The zero-order chi connectivity index (χ0) is 15.8. The first-order chi connectivity index (χ1) is 11.2. The van der Waals surface area contributed by atoms with Gasteiger partial charge in [-0.25, -0.2) is 9.97 Å². The maximum absolute atomic E-state index is 12.1. The van der Waals surface area contributed by atoms with E-state index in [0.29, 0.717) is 22.0 Å². The van der Waals surface area contributed by atoms with Gasteiger partial charge in [-0.3, -0.25) is 4.40 Å². The number of pyridine rings is 2. The van der Waals surface area contributed by atoms with Gasteiger partial charge in [0.25, 0.3) is 0 Å². The normalized spacial score (nSPS) is 12.1. The van der Waals surface area contributed by atoms with Gasteiger partial charge in [0.15, 0.2) is 5.65 Å². The Bertz CT molecular complexity index is 1040. The summed E-state index contributed by atoms with van der Waals surface area (Å²) in [6.07, 6.45) is 1.90. The molecule has 4 aromatic rings. The molecule has 0 N–H and O–H groups in total. The van der Waals surface area contributed by atoms with Crippen LogP contribution in [0.2, 0.25) is 0 Å². The average Bonchev–Trinajstić information content (AvgIpc) is 2.95. The van der Waals surface area contributed by atoms with Gasteiger partial charge in [0.05, 0.1) is 0 Å². The second-order valence-electron chi connectivity index (χ2n) is 5.22. The number of para-hydroxylation sites is 1. The number of fused-ring (bicyclic) bond motifs is 3. The standard InChI is InChI=1S/C17H13N5O/c1-12-6-5-11-21-16(12)18-14-9-10-15(19-17(14)21)20-22(23)13-7-3-2-4-8-13/h2-11H,1H3. The van der Waals surface area contributed by atoms with Crippen LogP contribution in [-0.2, 0) is 0 Å². The van der Waals surface area contributed by atoms with E-state index >= 15 is 0 Å². The van der Waals surface area contributed by atoms with Gasteiger partial charge < -0.3 is 5.21 Å². The summed E-state index contributed by atoms with van der Waals surface area (Å²) in [4.78, 5) is 9.59. The molecule has 3 aromatic heterocycles. The maximum atomic E-state index is 12.1. The first kappa shape index (κ1) is 13.4. The van der Waals surface area contributed by atoms with Crippen LogP contribution in [0.1, 0.15) is 5.56 Å². The molecule has 23 heavy (non-hydrogen) atoms. The SMILES string of the molecule is Cc1cccn2c1nc1ccc(N=[N+]([O-])c3ccccc3)nc12. The van der Waals surface area contributed by atoms with Crippen molar-refractivity contribution in [3.05, 3.63) is 71.6 Å². The molecule has 3 heterocycles. The topological polar surface area (TPSA) is 68.6 Å². The van der Waals surface area contributed by atoms with E-state index in [1.807, 2.05) is 41.8 Å². The minimum Gasteiger partial charge on any atom is -0.594 e. The van der Waals surface area contributed by atoms with E-state index in [4.69, 9.17) is 0 Å². The number of rotatable bonds is 2. The van der Waals surface area contributed by atoms with Crippen molar-refractivity contribution in [1.29, 1.82) is 0 Å². The Morgan fingerprint density at radius 3 is 2.61 bits per heavy atom. The van der Waals surface area contributed by atoms with Gasteiger partial charge >= 0.3 is 0 Å². The summed E-state index contributed by atoms with van der Waals surface area (Å²) in [7, 11) is 0. The number of aryl methyl sites for hydroxylation is 1. The lowest BCUT2D eigenvalue weighted by Crippen LogP contribution is -1.91. The molecule has 0 fully saturated rings. The first-order valence-electron chi connectivity index (χ1n) is 7.21. The van der Waals surface area contributed by atoms with Gasteiger partial charge in [-0.15, -0.1) is 0 Å². The summed E-state index contributed by atoms with van der Waals surface area (Å²) in [5.41, 5.74) is 3.85. The van der Waals surface area contributed by atoms with Gasteiger partial charge in [0, 0.05) is 23.4 Å². The Kier molecular flexibility index (Phi) is 3.01. The molecule has 0 radical (unpaired) electrons. The first-order valence-corrected chi connectivity index (χ1v) is 7.21. The molecule has 0 saturated carbocycles. The Morgan fingerprint density at radius 1 is 0.957 bits per heavy atom. The van der Waals surface area contributed by atoms with Crippen LogP contribution in [-0.4, -0.2) is 19.2 Å². The summed E-state index contributed by atoms with van der Waals surface area (Å²) in [6.45, 7) is 2.00. The molecule has 4 rings (SSSR count). The van der Waals surface area contributed by atoms with Crippen molar-refractivity contribution < 1.29 is 4.86 Å². The zero-order valence-corrected chi connectivity index (χ0v) is 12.4. The van der Waals surface area contributed by atoms with Crippen molar-refractivity contribution in [2.24, 2.45) is 5.11 Å². The number of azo groups is 1. The summed E-state index contributed by atoms with van der Waals surface area (Å²) < 4.78 is 1.90. The third-order valence-electron chi connectivity index (χ3n) is 3.63. The summed E-state index contributed by atoms with van der Waals surface area (Å²) in [5.74, 6) is 0.347. The smallest absolute Gasteiger partial charge is 0.244 e. The third-order valence-corrected chi connectivity index (χ3v) is 3.63. The summed E-state index contributed by atoms with van der Waals surface area (Å²) >= 11 is 0. The monoisotopic (exact) mass is 303 g/mol. The van der Waals surface area contributed by atoms with Crippen molar-refractivity contribution in [2.75, 3.05) is 0 Å². The van der Waals surface area contributed by atoms with Crippen molar-refractivity contribution in [2.45, 2.75) is 6.92 Å². The molecule has 0 aliphatic rings. The van der Waals surface area contributed by atoms with Crippen molar-refractivity contribution in [3.63, 3.8) is 0 Å². The Hall–Kier alpha value is -3.28. The van der Waals surface area contributed by atoms with E-state index in [1.54, 1.807) is 30.3 Å². The lowest BCUT2D eigenvalue weighted by Gasteiger charge is -1.99. The minimum atomic E-state index is 0.347. The molecule has 0 aliphatic heterocycles. The van der Waals surface area contributed by atoms with E-state index in [9.17, 15) is 5.21 Å². The van der Waals surface area contributed by atoms with Gasteiger partial charge in [-0.2, -0.15) is 0 Å². The average molecular weight is 303 g/mol. The summed E-state index contributed by atoms with van der Waals surface area (Å²) in [5, 5.41) is 16.1. The Labute approximate surface area is 131 Å².